The van der Waals surface area contributed by atoms with E-state index >= 15 is 0 Å². The molecule has 0 amide bonds. The number of benzene rings is 1. The number of phenols is 1. The molecule has 1 aromatic rings. The summed E-state index contributed by atoms with van der Waals surface area (Å²) in [5.74, 6) is -11.4. The Labute approximate surface area is 96.1 Å². The average Bonchev–Trinajstić information content (AvgIpc) is 2.23. The van der Waals surface area contributed by atoms with Gasteiger partial charge in [0.15, 0.2) is 0 Å². The van der Waals surface area contributed by atoms with Crippen molar-refractivity contribution in [2.24, 2.45) is 0 Å². The van der Waals surface area contributed by atoms with E-state index in [2.05, 4.69) is 2.81 Å². The molecule has 0 unspecified atom stereocenters. The minimum absolute atomic E-state index is 0.193. The summed E-state index contributed by atoms with van der Waals surface area (Å²) in [5, 5.41) is 8.57. The van der Waals surface area contributed by atoms with E-state index in [0.29, 0.717) is 0 Å². The fourth-order valence-electron chi connectivity index (χ4n) is 0.850. The predicted octanol–water partition coefficient (Wildman–Crippen LogP) is 0.921. The van der Waals surface area contributed by atoms with Gasteiger partial charge in [0, 0.05) is 0 Å². The van der Waals surface area contributed by atoms with E-state index in [1.54, 1.807) is 0 Å². The molecule has 0 aromatic heterocycles. The number of hydrogen-bond acceptors (Lipinski definition) is 3. The van der Waals surface area contributed by atoms with Crippen molar-refractivity contribution >= 4 is 31.1 Å². The first-order valence-corrected chi connectivity index (χ1v) is 4.93. The van der Waals surface area contributed by atoms with Gasteiger partial charge >= 0.3 is 96.0 Å². The molecule has 0 aliphatic heterocycles. The van der Waals surface area contributed by atoms with Gasteiger partial charge in [-0.2, -0.15) is 0 Å². The number of phenolic OH excluding ortho intramolecular Hbond substituents is 1. The molecule has 15 heavy (non-hydrogen) atoms. The third-order valence-electron chi connectivity index (χ3n) is 1.54. The van der Waals surface area contributed by atoms with Gasteiger partial charge in [0.05, 0.1) is 0 Å². The van der Waals surface area contributed by atoms with Crippen LogP contribution in [0, 0.1) is 23.3 Å². The van der Waals surface area contributed by atoms with E-state index in [9.17, 15) is 22.4 Å². The van der Waals surface area contributed by atoms with Gasteiger partial charge in [0.25, 0.3) is 0 Å². The van der Waals surface area contributed by atoms with Gasteiger partial charge in [0.2, 0.25) is 0 Å². The third-order valence-corrected chi connectivity index (χ3v) is 2.26. The summed E-state index contributed by atoms with van der Waals surface area (Å²) in [7, 11) is 0. The number of carbonyl (C=O) groups is 1. The van der Waals surface area contributed by atoms with E-state index in [1.807, 2.05) is 0 Å². The van der Waals surface area contributed by atoms with Crippen LogP contribution >= 0.6 is 0 Å². The summed E-state index contributed by atoms with van der Waals surface area (Å²) < 4.78 is 55.3. The SMILES string of the molecule is O=C([O][BiH])c1c(F)c(F)c(O)c(F)c1F. The second kappa shape index (κ2) is 4.30. The molecule has 0 bridgehead atoms. The number of halogens is 4. The van der Waals surface area contributed by atoms with Crippen molar-refractivity contribution in [3.8, 4) is 5.75 Å². The molecule has 1 aromatic carbocycles. The van der Waals surface area contributed by atoms with Gasteiger partial charge in [-0.1, -0.05) is 0 Å². The average molecular weight is 419 g/mol. The van der Waals surface area contributed by atoms with Gasteiger partial charge in [-0.25, -0.2) is 0 Å². The van der Waals surface area contributed by atoms with Crippen LogP contribution in [0.2, 0.25) is 0 Å². The van der Waals surface area contributed by atoms with Crippen molar-refractivity contribution in [3.63, 3.8) is 0 Å². The van der Waals surface area contributed by atoms with Crippen molar-refractivity contribution in [1.29, 1.82) is 0 Å². The van der Waals surface area contributed by atoms with Crippen molar-refractivity contribution in [2.45, 2.75) is 0 Å². The molecule has 8 heteroatoms. The van der Waals surface area contributed by atoms with Crippen LogP contribution in [0.1, 0.15) is 10.4 Å². The van der Waals surface area contributed by atoms with Crippen LogP contribution < -0.4 is 0 Å². The van der Waals surface area contributed by atoms with Crippen LogP contribution in [-0.2, 0) is 2.81 Å². The predicted molar refractivity (Wildman–Crippen MR) is 40.5 cm³/mol. The molecule has 1 radical (unpaired) electrons. The number of aromatic hydroxyl groups is 1. The number of carbonyl (C=O) groups excluding carboxylic acids is 1. The zero-order valence-corrected chi connectivity index (χ0v) is 10.7. The van der Waals surface area contributed by atoms with Crippen molar-refractivity contribution < 1.29 is 30.3 Å². The second-order valence-corrected chi connectivity index (χ2v) is 3.16. The molecule has 0 spiro atoms. The van der Waals surface area contributed by atoms with Crippen molar-refractivity contribution in [1.82, 2.24) is 0 Å². The van der Waals surface area contributed by atoms with E-state index in [1.165, 1.54) is 0 Å². The van der Waals surface area contributed by atoms with Crippen LogP contribution in [-0.4, -0.2) is 36.2 Å². The molecule has 1 N–H and O–H groups in total. The first kappa shape index (κ1) is 12.2. The molecule has 1 rings (SSSR count). The Morgan fingerprint density at radius 1 is 1.07 bits per heavy atom. The molecule has 0 aliphatic carbocycles. The normalized spacial score (nSPS) is 10.2. The Balaban J connectivity index is 3.60. The molecule has 0 heterocycles. The summed E-state index contributed by atoms with van der Waals surface area (Å²) in [5.41, 5.74) is -1.49. The molecule has 0 saturated heterocycles. The quantitative estimate of drug-likeness (QED) is 0.419. The van der Waals surface area contributed by atoms with Gasteiger partial charge < -0.3 is 0 Å². The first-order valence-electron chi connectivity index (χ1n) is 3.34. The molecule has 0 atom stereocenters. The zero-order valence-electron chi connectivity index (χ0n) is 6.78. The fraction of sp³-hybridized carbons (Fsp3) is 0. The van der Waals surface area contributed by atoms with Gasteiger partial charge in [-0.05, 0) is 0 Å². The van der Waals surface area contributed by atoms with Crippen LogP contribution in [0.5, 0.6) is 5.75 Å². The summed E-state index contributed by atoms with van der Waals surface area (Å²) in [6.07, 6.45) is 0. The van der Waals surface area contributed by atoms with Gasteiger partial charge in [-0.3, -0.25) is 0 Å². The van der Waals surface area contributed by atoms with E-state index in [-0.39, 0.29) is 25.2 Å². The number of hydrogen-bond donors (Lipinski definition) is 1. The van der Waals surface area contributed by atoms with Crippen LogP contribution in [0.15, 0.2) is 0 Å². The monoisotopic (exact) mass is 419 g/mol. The molecule has 0 fully saturated rings. The summed E-state index contributed by atoms with van der Waals surface area (Å²) in [6.45, 7) is 0. The molecule has 0 saturated carbocycles. The maximum atomic E-state index is 12.9. The molecule has 0 aliphatic rings. The Morgan fingerprint density at radius 3 is 1.80 bits per heavy atom. The van der Waals surface area contributed by atoms with Crippen LogP contribution in [0.25, 0.3) is 0 Å². The van der Waals surface area contributed by atoms with E-state index in [4.69, 9.17) is 5.11 Å². The summed E-state index contributed by atoms with van der Waals surface area (Å²) >= 11 is -0.193. The minimum atomic E-state index is -2.03. The van der Waals surface area contributed by atoms with E-state index in [0.717, 1.165) is 0 Å². The first-order chi connectivity index (χ1) is 6.91. The van der Waals surface area contributed by atoms with Crippen molar-refractivity contribution in [3.05, 3.63) is 28.8 Å². The molecular weight excluding hydrogens is 417 g/mol. The van der Waals surface area contributed by atoms with Crippen LogP contribution in [0.4, 0.5) is 17.6 Å². The topological polar surface area (TPSA) is 46.5 Å². The van der Waals surface area contributed by atoms with Crippen LogP contribution in [0.3, 0.4) is 0 Å². The Bertz CT molecular complexity index is 406. The standard InChI is InChI=1S/C7H2F4O3.Bi.H/c8-2-1(7(13)14)3(9)5(11)6(12)4(2)10;;/h12H,(H,13,14);;/q;+1;/p-1. The summed E-state index contributed by atoms with van der Waals surface area (Å²) in [4.78, 5) is 10.8. The van der Waals surface area contributed by atoms with Crippen molar-refractivity contribution in [2.75, 3.05) is 0 Å². The number of rotatable bonds is 1. The Kier molecular flexibility index (Phi) is 3.49. The Hall–Kier alpha value is -0.907. The molecular formula is C7H2BiF4O3. The summed E-state index contributed by atoms with van der Waals surface area (Å²) in [6, 6.07) is 0. The fourth-order valence-corrected chi connectivity index (χ4v) is 1.25. The van der Waals surface area contributed by atoms with E-state index < -0.39 is 40.6 Å². The Morgan fingerprint density at radius 2 is 1.47 bits per heavy atom. The zero-order chi connectivity index (χ0) is 11.7. The maximum absolute atomic E-state index is 12.9. The van der Waals surface area contributed by atoms with Gasteiger partial charge in [0.1, 0.15) is 0 Å². The third kappa shape index (κ3) is 1.90. The van der Waals surface area contributed by atoms with Gasteiger partial charge in [-0.15, -0.1) is 0 Å². The molecule has 81 valence electrons. The molecule has 3 nitrogen and oxygen atoms in total. The second-order valence-electron chi connectivity index (χ2n) is 2.37.